The van der Waals surface area contributed by atoms with Crippen molar-refractivity contribution in [3.8, 4) is 0 Å². The van der Waals surface area contributed by atoms with Gasteiger partial charge in [0.15, 0.2) is 0 Å². The van der Waals surface area contributed by atoms with Crippen molar-refractivity contribution in [2.75, 3.05) is 12.8 Å². The van der Waals surface area contributed by atoms with Crippen molar-refractivity contribution in [1.29, 1.82) is 0 Å². The molecular formula is C16H22FN3O. The zero-order chi connectivity index (χ0) is 15.0. The third kappa shape index (κ3) is 2.88. The van der Waals surface area contributed by atoms with Gasteiger partial charge in [-0.2, -0.15) is 0 Å². The molecule has 0 aliphatic carbocycles. The summed E-state index contributed by atoms with van der Waals surface area (Å²) in [5.41, 5.74) is 5.97. The Balaban J connectivity index is 1.66. The normalized spacial score (nSPS) is 29.1. The fraction of sp³-hybridized carbons (Fsp3) is 0.562. The van der Waals surface area contributed by atoms with Crippen molar-refractivity contribution in [3.63, 3.8) is 0 Å². The van der Waals surface area contributed by atoms with Crippen LogP contribution in [0.3, 0.4) is 0 Å². The molecule has 2 unspecified atom stereocenters. The van der Waals surface area contributed by atoms with E-state index in [0.29, 0.717) is 17.6 Å². The van der Waals surface area contributed by atoms with Gasteiger partial charge < -0.3 is 16.0 Å². The Morgan fingerprint density at radius 3 is 2.62 bits per heavy atom. The fourth-order valence-corrected chi connectivity index (χ4v) is 3.69. The van der Waals surface area contributed by atoms with Crippen molar-refractivity contribution in [3.05, 3.63) is 29.6 Å². The highest BCUT2D eigenvalue weighted by Gasteiger charge is 2.36. The van der Waals surface area contributed by atoms with E-state index in [2.05, 4.69) is 17.3 Å². The largest absolute Gasteiger partial charge is 0.396 e. The molecule has 5 heteroatoms. The summed E-state index contributed by atoms with van der Waals surface area (Å²) in [7, 11) is 2.19. The number of nitrogens with two attached hydrogens (primary N) is 1. The van der Waals surface area contributed by atoms with E-state index in [-0.39, 0.29) is 17.6 Å². The van der Waals surface area contributed by atoms with Gasteiger partial charge in [-0.3, -0.25) is 4.79 Å². The lowest BCUT2D eigenvalue weighted by Gasteiger charge is -2.47. The van der Waals surface area contributed by atoms with Gasteiger partial charge in [-0.25, -0.2) is 4.39 Å². The summed E-state index contributed by atoms with van der Waals surface area (Å²) in [6, 6.07) is 5.47. The van der Waals surface area contributed by atoms with E-state index in [1.165, 1.54) is 37.5 Å². The highest BCUT2D eigenvalue weighted by molar-refractivity contribution is 5.95. The van der Waals surface area contributed by atoms with Crippen LogP contribution in [0.2, 0.25) is 0 Å². The molecule has 1 amide bonds. The first-order valence-electron chi connectivity index (χ1n) is 7.62. The molecule has 0 saturated carbocycles. The lowest BCUT2D eigenvalue weighted by Crippen LogP contribution is -2.55. The molecule has 21 heavy (non-hydrogen) atoms. The Labute approximate surface area is 124 Å². The van der Waals surface area contributed by atoms with Crippen LogP contribution in [0.4, 0.5) is 10.1 Å². The number of anilines is 1. The highest BCUT2D eigenvalue weighted by Crippen LogP contribution is 2.32. The van der Waals surface area contributed by atoms with Crippen LogP contribution in [0.15, 0.2) is 18.2 Å². The van der Waals surface area contributed by atoms with E-state index in [9.17, 15) is 9.18 Å². The van der Waals surface area contributed by atoms with Gasteiger partial charge in [0.2, 0.25) is 0 Å². The van der Waals surface area contributed by atoms with E-state index < -0.39 is 5.82 Å². The lowest BCUT2D eigenvalue weighted by molar-refractivity contribution is 0.0463. The molecule has 4 nitrogen and oxygen atoms in total. The van der Waals surface area contributed by atoms with E-state index in [1.807, 2.05) is 0 Å². The third-order valence-corrected chi connectivity index (χ3v) is 4.93. The number of nitrogens with zero attached hydrogens (tertiary/aromatic N) is 1. The van der Waals surface area contributed by atoms with Crippen molar-refractivity contribution < 1.29 is 9.18 Å². The van der Waals surface area contributed by atoms with Crippen molar-refractivity contribution >= 4 is 11.6 Å². The van der Waals surface area contributed by atoms with Crippen molar-refractivity contribution in [2.45, 2.75) is 50.2 Å². The Morgan fingerprint density at radius 1 is 1.33 bits per heavy atom. The van der Waals surface area contributed by atoms with Crippen LogP contribution < -0.4 is 11.1 Å². The topological polar surface area (TPSA) is 58.4 Å². The minimum atomic E-state index is -0.486. The number of amides is 1. The van der Waals surface area contributed by atoms with Gasteiger partial charge in [0.25, 0.3) is 5.91 Å². The number of fused-ring (bicyclic) bond motifs is 2. The van der Waals surface area contributed by atoms with E-state index in [4.69, 9.17) is 5.73 Å². The average molecular weight is 291 g/mol. The quantitative estimate of drug-likeness (QED) is 0.821. The van der Waals surface area contributed by atoms with Crippen LogP contribution in [0.1, 0.15) is 42.5 Å². The van der Waals surface area contributed by atoms with Gasteiger partial charge >= 0.3 is 0 Å². The number of nitrogen functional groups attached to an aromatic ring is 1. The highest BCUT2D eigenvalue weighted by atomic mass is 19.1. The van der Waals surface area contributed by atoms with Gasteiger partial charge in [-0.05, 0) is 50.9 Å². The molecule has 2 atom stereocenters. The number of piperidine rings is 2. The smallest absolute Gasteiger partial charge is 0.251 e. The second-order valence-corrected chi connectivity index (χ2v) is 6.28. The first kappa shape index (κ1) is 14.3. The van der Waals surface area contributed by atoms with E-state index in [0.717, 1.165) is 12.8 Å². The molecule has 2 aliphatic heterocycles. The van der Waals surface area contributed by atoms with Crippen LogP contribution in [0.25, 0.3) is 0 Å². The van der Waals surface area contributed by atoms with Crippen LogP contribution in [-0.2, 0) is 0 Å². The molecule has 2 heterocycles. The Hall–Kier alpha value is -1.62. The number of hydrogen-bond donors (Lipinski definition) is 2. The monoisotopic (exact) mass is 291 g/mol. The molecular weight excluding hydrogens is 269 g/mol. The Kier molecular flexibility index (Phi) is 3.85. The predicted octanol–water partition coefficient (Wildman–Crippen LogP) is 2.15. The molecule has 2 aliphatic rings. The van der Waals surface area contributed by atoms with Gasteiger partial charge in [-0.15, -0.1) is 0 Å². The number of benzene rings is 1. The first-order chi connectivity index (χ1) is 10.0. The second-order valence-electron chi connectivity index (χ2n) is 6.28. The maximum Gasteiger partial charge on any atom is 0.251 e. The summed E-state index contributed by atoms with van der Waals surface area (Å²) in [4.78, 5) is 14.7. The van der Waals surface area contributed by atoms with Gasteiger partial charge in [0.05, 0.1) is 5.69 Å². The molecule has 0 spiro atoms. The minimum Gasteiger partial charge on any atom is -0.396 e. The van der Waals surface area contributed by atoms with Crippen LogP contribution in [0, 0.1) is 5.82 Å². The van der Waals surface area contributed by atoms with Crippen molar-refractivity contribution in [2.24, 2.45) is 0 Å². The lowest BCUT2D eigenvalue weighted by atomic mass is 9.82. The van der Waals surface area contributed by atoms with Crippen LogP contribution >= 0.6 is 0 Å². The van der Waals surface area contributed by atoms with E-state index >= 15 is 0 Å². The number of rotatable bonds is 2. The maximum absolute atomic E-state index is 13.2. The molecule has 114 valence electrons. The Morgan fingerprint density at radius 2 is 2.00 bits per heavy atom. The average Bonchev–Trinajstić information content (AvgIpc) is 2.43. The molecule has 2 fully saturated rings. The molecule has 2 bridgehead atoms. The summed E-state index contributed by atoms with van der Waals surface area (Å²) in [5, 5.41) is 3.09. The van der Waals surface area contributed by atoms with Gasteiger partial charge in [-0.1, -0.05) is 6.42 Å². The van der Waals surface area contributed by atoms with Gasteiger partial charge in [0, 0.05) is 23.7 Å². The third-order valence-electron chi connectivity index (χ3n) is 4.93. The summed E-state index contributed by atoms with van der Waals surface area (Å²) < 4.78 is 13.2. The molecule has 1 aromatic carbocycles. The molecule has 3 rings (SSSR count). The molecule has 0 aromatic heterocycles. The molecule has 1 aromatic rings. The van der Waals surface area contributed by atoms with E-state index in [1.54, 1.807) is 0 Å². The zero-order valence-corrected chi connectivity index (χ0v) is 12.3. The fourth-order valence-electron chi connectivity index (χ4n) is 3.69. The minimum absolute atomic E-state index is 0.0166. The number of nitrogens with one attached hydrogen (secondary N) is 1. The van der Waals surface area contributed by atoms with Crippen molar-refractivity contribution in [1.82, 2.24) is 10.2 Å². The molecule has 2 saturated heterocycles. The summed E-state index contributed by atoms with van der Waals surface area (Å²) in [6.45, 7) is 0. The predicted molar refractivity (Wildman–Crippen MR) is 80.5 cm³/mol. The molecule has 3 N–H and O–H groups in total. The number of halogens is 1. The van der Waals surface area contributed by atoms with Gasteiger partial charge in [0.1, 0.15) is 5.82 Å². The first-order valence-corrected chi connectivity index (χ1v) is 7.62. The summed E-state index contributed by atoms with van der Waals surface area (Å²) in [5.74, 6) is -0.644. The summed E-state index contributed by atoms with van der Waals surface area (Å²) in [6.07, 6.45) is 5.70. The SMILES string of the molecule is CN1C2CCCC1CC(NC(=O)c1ccc(F)c(N)c1)C2. The standard InChI is InChI=1S/C16H22FN3O/c1-20-12-3-2-4-13(20)9-11(8-12)19-16(21)10-5-6-14(17)15(18)7-10/h5-7,11-13H,2-4,8-9,18H2,1H3,(H,19,21). The number of hydrogen-bond acceptors (Lipinski definition) is 3. The van der Waals surface area contributed by atoms with Crippen LogP contribution in [-0.4, -0.2) is 36.0 Å². The maximum atomic E-state index is 13.2. The molecule has 0 radical (unpaired) electrons. The number of carbonyl (C=O) groups is 1. The number of carbonyl (C=O) groups excluding carboxylic acids is 1. The van der Waals surface area contributed by atoms with Crippen LogP contribution in [0.5, 0.6) is 0 Å². The Bertz CT molecular complexity index is 534. The second kappa shape index (κ2) is 5.64. The summed E-state index contributed by atoms with van der Waals surface area (Å²) >= 11 is 0. The zero-order valence-electron chi connectivity index (χ0n) is 12.3.